The molecular formula is C19H20FN3O3. The van der Waals surface area contributed by atoms with Crippen LogP contribution >= 0.6 is 0 Å². The molecule has 2 aromatic carbocycles. The van der Waals surface area contributed by atoms with Crippen LogP contribution in [0.5, 0.6) is 0 Å². The predicted molar refractivity (Wildman–Crippen MR) is 98.2 cm³/mol. The largest absolute Gasteiger partial charge is 0.326 e. The first-order valence-corrected chi connectivity index (χ1v) is 7.94. The van der Waals surface area contributed by atoms with Crippen molar-refractivity contribution < 1.29 is 18.8 Å². The number of carbonyl (C=O) groups excluding carboxylic acids is 3. The normalized spacial score (nSPS) is 10.8. The van der Waals surface area contributed by atoms with Gasteiger partial charge in [0.15, 0.2) is 0 Å². The average molecular weight is 357 g/mol. The zero-order chi connectivity index (χ0) is 19.3. The van der Waals surface area contributed by atoms with Crippen LogP contribution in [-0.4, -0.2) is 17.7 Å². The Hall–Kier alpha value is -3.22. The molecule has 0 saturated carbocycles. The maximum atomic E-state index is 13.2. The molecule has 0 fully saturated rings. The van der Waals surface area contributed by atoms with Crippen molar-refractivity contribution in [1.82, 2.24) is 0 Å². The van der Waals surface area contributed by atoms with Gasteiger partial charge in [-0.25, -0.2) is 4.39 Å². The fourth-order valence-corrected chi connectivity index (χ4v) is 2.08. The minimum atomic E-state index is -1.39. The molecule has 0 aliphatic heterocycles. The van der Waals surface area contributed by atoms with Gasteiger partial charge in [-0.1, -0.05) is 6.07 Å². The molecule has 7 heteroatoms. The lowest BCUT2D eigenvalue weighted by Crippen LogP contribution is -2.41. The van der Waals surface area contributed by atoms with E-state index in [9.17, 15) is 18.8 Å². The summed E-state index contributed by atoms with van der Waals surface area (Å²) in [5.74, 6) is -1.75. The lowest BCUT2D eigenvalue weighted by molar-refractivity contribution is -0.135. The van der Waals surface area contributed by atoms with Gasteiger partial charge in [0.05, 0.1) is 0 Å². The Morgan fingerprint density at radius 2 is 1.31 bits per heavy atom. The van der Waals surface area contributed by atoms with E-state index in [1.54, 1.807) is 24.3 Å². The van der Waals surface area contributed by atoms with E-state index in [-0.39, 0.29) is 11.6 Å². The molecule has 0 heterocycles. The molecule has 6 nitrogen and oxygen atoms in total. The highest BCUT2D eigenvalue weighted by atomic mass is 19.1. The predicted octanol–water partition coefficient (Wildman–Crippen LogP) is 3.39. The SMILES string of the molecule is CC(=O)Nc1ccc(NC(=O)C(C)(C)C(=O)Nc2cccc(F)c2)cc1. The molecule has 26 heavy (non-hydrogen) atoms. The van der Waals surface area contributed by atoms with Crippen LogP contribution in [0.2, 0.25) is 0 Å². The van der Waals surface area contributed by atoms with Crippen molar-refractivity contribution in [2.24, 2.45) is 5.41 Å². The quantitative estimate of drug-likeness (QED) is 0.717. The Kier molecular flexibility index (Phi) is 5.71. The molecule has 3 amide bonds. The fourth-order valence-electron chi connectivity index (χ4n) is 2.08. The Bertz CT molecular complexity index is 832. The maximum Gasteiger partial charge on any atom is 0.239 e. The Labute approximate surface area is 150 Å². The number of benzene rings is 2. The van der Waals surface area contributed by atoms with Crippen LogP contribution in [0.1, 0.15) is 20.8 Å². The van der Waals surface area contributed by atoms with Gasteiger partial charge in [0.2, 0.25) is 17.7 Å². The van der Waals surface area contributed by atoms with Crippen LogP contribution in [0.25, 0.3) is 0 Å². The van der Waals surface area contributed by atoms with Crippen molar-refractivity contribution in [1.29, 1.82) is 0 Å². The van der Waals surface area contributed by atoms with Crippen molar-refractivity contribution in [3.8, 4) is 0 Å². The first-order chi connectivity index (χ1) is 12.2. The van der Waals surface area contributed by atoms with Gasteiger partial charge in [-0.2, -0.15) is 0 Å². The number of amides is 3. The number of hydrogen-bond donors (Lipinski definition) is 3. The molecule has 0 saturated heterocycles. The van der Waals surface area contributed by atoms with Gasteiger partial charge >= 0.3 is 0 Å². The molecule has 0 spiro atoms. The summed E-state index contributed by atoms with van der Waals surface area (Å²) in [5.41, 5.74) is -0.0346. The number of rotatable bonds is 5. The Morgan fingerprint density at radius 3 is 1.81 bits per heavy atom. The summed E-state index contributed by atoms with van der Waals surface area (Å²) in [6.45, 7) is 4.35. The summed E-state index contributed by atoms with van der Waals surface area (Å²) in [5, 5.41) is 7.81. The first-order valence-electron chi connectivity index (χ1n) is 7.94. The molecule has 0 atom stereocenters. The molecule has 3 N–H and O–H groups in total. The van der Waals surface area contributed by atoms with E-state index >= 15 is 0 Å². The van der Waals surface area contributed by atoms with E-state index < -0.39 is 23.0 Å². The molecule has 2 rings (SSSR count). The summed E-state index contributed by atoms with van der Waals surface area (Å²) in [6, 6.07) is 11.9. The van der Waals surface area contributed by atoms with Crippen molar-refractivity contribution in [3.63, 3.8) is 0 Å². The highest BCUT2D eigenvalue weighted by Gasteiger charge is 2.36. The molecule has 0 aliphatic carbocycles. The lowest BCUT2D eigenvalue weighted by atomic mass is 9.90. The first kappa shape index (κ1) is 19.1. The minimum Gasteiger partial charge on any atom is -0.326 e. The van der Waals surface area contributed by atoms with Gasteiger partial charge in [0.1, 0.15) is 11.2 Å². The van der Waals surface area contributed by atoms with E-state index in [1.165, 1.54) is 45.0 Å². The lowest BCUT2D eigenvalue weighted by Gasteiger charge is -2.23. The van der Waals surface area contributed by atoms with Crippen LogP contribution in [0.4, 0.5) is 21.5 Å². The second-order valence-corrected chi connectivity index (χ2v) is 6.30. The van der Waals surface area contributed by atoms with Gasteiger partial charge in [0, 0.05) is 24.0 Å². The van der Waals surface area contributed by atoms with E-state index in [4.69, 9.17) is 0 Å². The minimum absolute atomic E-state index is 0.197. The summed E-state index contributed by atoms with van der Waals surface area (Å²) >= 11 is 0. The van der Waals surface area contributed by atoms with E-state index in [0.29, 0.717) is 11.4 Å². The topological polar surface area (TPSA) is 87.3 Å². The second kappa shape index (κ2) is 7.77. The van der Waals surface area contributed by atoms with Crippen LogP contribution in [0.3, 0.4) is 0 Å². The highest BCUT2D eigenvalue weighted by Crippen LogP contribution is 2.22. The number of halogens is 1. The van der Waals surface area contributed by atoms with Crippen LogP contribution < -0.4 is 16.0 Å². The van der Waals surface area contributed by atoms with Crippen LogP contribution in [-0.2, 0) is 14.4 Å². The fraction of sp³-hybridized carbons (Fsp3) is 0.211. The van der Waals surface area contributed by atoms with Crippen molar-refractivity contribution >= 4 is 34.8 Å². The van der Waals surface area contributed by atoms with Gasteiger partial charge in [0.25, 0.3) is 0 Å². The highest BCUT2D eigenvalue weighted by molar-refractivity contribution is 6.14. The molecule has 0 aromatic heterocycles. The zero-order valence-electron chi connectivity index (χ0n) is 14.7. The third kappa shape index (κ3) is 4.89. The van der Waals surface area contributed by atoms with Gasteiger partial charge in [-0.05, 0) is 56.3 Å². The summed E-state index contributed by atoms with van der Waals surface area (Å²) in [4.78, 5) is 35.9. The molecule has 0 unspecified atom stereocenters. The van der Waals surface area contributed by atoms with Gasteiger partial charge in [-0.3, -0.25) is 14.4 Å². The van der Waals surface area contributed by atoms with Gasteiger partial charge in [-0.15, -0.1) is 0 Å². The summed E-state index contributed by atoms with van der Waals surface area (Å²) in [7, 11) is 0. The number of anilines is 3. The zero-order valence-corrected chi connectivity index (χ0v) is 14.7. The van der Waals surface area contributed by atoms with Crippen molar-refractivity contribution in [2.45, 2.75) is 20.8 Å². The summed E-state index contributed by atoms with van der Waals surface area (Å²) < 4.78 is 13.2. The smallest absolute Gasteiger partial charge is 0.239 e. The van der Waals surface area contributed by atoms with E-state index in [1.807, 2.05) is 0 Å². The molecule has 0 aliphatic rings. The van der Waals surface area contributed by atoms with Crippen molar-refractivity contribution in [3.05, 3.63) is 54.3 Å². The molecule has 0 radical (unpaired) electrons. The molecule has 136 valence electrons. The van der Waals surface area contributed by atoms with Crippen LogP contribution in [0, 0.1) is 11.2 Å². The van der Waals surface area contributed by atoms with Gasteiger partial charge < -0.3 is 16.0 Å². The number of nitrogens with one attached hydrogen (secondary N) is 3. The van der Waals surface area contributed by atoms with Crippen molar-refractivity contribution in [2.75, 3.05) is 16.0 Å². The molecule has 2 aromatic rings. The Morgan fingerprint density at radius 1 is 0.808 bits per heavy atom. The maximum absolute atomic E-state index is 13.2. The van der Waals surface area contributed by atoms with E-state index in [2.05, 4.69) is 16.0 Å². The monoisotopic (exact) mass is 357 g/mol. The standard InChI is InChI=1S/C19H20FN3O3/c1-12(24)21-14-7-9-15(10-8-14)22-17(25)19(2,3)18(26)23-16-6-4-5-13(20)11-16/h4-11H,1-3H3,(H,21,24)(H,22,25)(H,23,26). The average Bonchev–Trinajstić information content (AvgIpc) is 2.56. The second-order valence-electron chi connectivity index (χ2n) is 6.30. The van der Waals surface area contributed by atoms with Crippen LogP contribution in [0.15, 0.2) is 48.5 Å². The molecule has 0 bridgehead atoms. The summed E-state index contributed by atoms with van der Waals surface area (Å²) in [6.07, 6.45) is 0. The number of carbonyl (C=O) groups is 3. The number of hydrogen-bond acceptors (Lipinski definition) is 3. The molecular weight excluding hydrogens is 337 g/mol. The third-order valence-electron chi connectivity index (χ3n) is 3.68. The Balaban J connectivity index is 2.04. The third-order valence-corrected chi connectivity index (χ3v) is 3.68. The van der Waals surface area contributed by atoms with E-state index in [0.717, 1.165) is 0 Å².